The first-order valence-corrected chi connectivity index (χ1v) is 6.69. The van der Waals surface area contributed by atoms with E-state index in [9.17, 15) is 17.6 Å². The molecule has 0 bridgehead atoms. The van der Waals surface area contributed by atoms with Crippen molar-refractivity contribution in [3.8, 4) is 5.75 Å². The van der Waals surface area contributed by atoms with Crippen molar-refractivity contribution < 1.29 is 27.0 Å². The second kappa shape index (κ2) is 8.19. The minimum Gasteiger partial charge on any atom is -0.491 e. The molecule has 0 aromatic heterocycles. The zero-order chi connectivity index (χ0) is 15.9. The Bertz CT molecular complexity index is 437. The van der Waals surface area contributed by atoms with Crippen molar-refractivity contribution in [2.45, 2.75) is 32.7 Å². The molecule has 1 aromatic carbocycles. The highest BCUT2D eigenvalue weighted by Gasteiger charge is 2.28. The Hall–Kier alpha value is -1.34. The van der Waals surface area contributed by atoms with Gasteiger partial charge in [-0.3, -0.25) is 4.74 Å². The van der Waals surface area contributed by atoms with E-state index in [0.29, 0.717) is 5.56 Å². The van der Waals surface area contributed by atoms with Crippen LogP contribution >= 0.6 is 0 Å². The maximum Gasteiger partial charge on any atom is 0.522 e. The van der Waals surface area contributed by atoms with Gasteiger partial charge in [-0.1, -0.05) is 13.0 Å². The molecule has 1 N–H and O–H groups in total. The summed E-state index contributed by atoms with van der Waals surface area (Å²) < 4.78 is 57.7. The molecule has 7 heteroatoms. The van der Waals surface area contributed by atoms with E-state index in [4.69, 9.17) is 4.74 Å². The maximum atomic E-state index is 13.9. The second-order valence-corrected chi connectivity index (χ2v) is 4.50. The Morgan fingerprint density at radius 1 is 1.24 bits per heavy atom. The molecule has 1 rings (SSSR count). The van der Waals surface area contributed by atoms with Gasteiger partial charge in [-0.25, -0.2) is 4.39 Å². The van der Waals surface area contributed by atoms with E-state index in [-0.39, 0.29) is 18.4 Å². The molecule has 0 aliphatic carbocycles. The molecule has 1 aromatic rings. The van der Waals surface area contributed by atoms with Crippen molar-refractivity contribution in [1.82, 2.24) is 5.32 Å². The lowest BCUT2D eigenvalue weighted by Gasteiger charge is -2.15. The third-order valence-electron chi connectivity index (χ3n) is 2.76. The Morgan fingerprint density at radius 3 is 2.52 bits per heavy atom. The fraction of sp³-hybridized carbons (Fsp3) is 0.571. The van der Waals surface area contributed by atoms with Crippen LogP contribution in [0.4, 0.5) is 17.6 Å². The van der Waals surface area contributed by atoms with Crippen LogP contribution < -0.4 is 10.1 Å². The summed E-state index contributed by atoms with van der Waals surface area (Å²) in [7, 11) is 0. The smallest absolute Gasteiger partial charge is 0.491 e. The van der Waals surface area contributed by atoms with Crippen LogP contribution in [0.15, 0.2) is 18.2 Å². The molecular formula is C14H19F4NO2. The summed E-state index contributed by atoms with van der Waals surface area (Å²) in [5.41, 5.74) is 0.488. The van der Waals surface area contributed by atoms with Gasteiger partial charge in [0, 0.05) is 17.7 Å². The molecule has 0 radical (unpaired) electrons. The maximum absolute atomic E-state index is 13.9. The third-order valence-corrected chi connectivity index (χ3v) is 2.76. The van der Waals surface area contributed by atoms with Crippen LogP contribution in [0.3, 0.4) is 0 Å². The van der Waals surface area contributed by atoms with E-state index in [2.05, 4.69) is 10.1 Å². The number of benzene rings is 1. The van der Waals surface area contributed by atoms with E-state index >= 15 is 0 Å². The Kier molecular flexibility index (Phi) is 6.91. The predicted molar refractivity (Wildman–Crippen MR) is 70.6 cm³/mol. The standard InChI is InChI=1S/C14H19F4NO2/c1-3-6-19-10(2)12-5-4-11(9-13(12)15)20-7-8-21-14(16,17)18/h4-5,9-10,19H,3,6-8H2,1-2H3. The first-order chi connectivity index (χ1) is 9.83. The van der Waals surface area contributed by atoms with E-state index < -0.39 is 18.8 Å². The van der Waals surface area contributed by atoms with Crippen molar-refractivity contribution in [2.75, 3.05) is 19.8 Å². The molecule has 3 nitrogen and oxygen atoms in total. The van der Waals surface area contributed by atoms with Gasteiger partial charge in [0.05, 0.1) is 6.61 Å². The van der Waals surface area contributed by atoms with Crippen LogP contribution in [0.1, 0.15) is 31.9 Å². The number of hydrogen-bond acceptors (Lipinski definition) is 3. The van der Waals surface area contributed by atoms with Crippen molar-refractivity contribution in [3.05, 3.63) is 29.6 Å². The minimum atomic E-state index is -4.68. The van der Waals surface area contributed by atoms with Gasteiger partial charge in [-0.2, -0.15) is 0 Å². The Morgan fingerprint density at radius 2 is 1.95 bits per heavy atom. The summed E-state index contributed by atoms with van der Waals surface area (Å²) in [6.07, 6.45) is -3.74. The summed E-state index contributed by atoms with van der Waals surface area (Å²) in [5.74, 6) is -0.287. The largest absolute Gasteiger partial charge is 0.522 e. The highest BCUT2D eigenvalue weighted by molar-refractivity contribution is 5.30. The lowest BCUT2D eigenvalue weighted by molar-refractivity contribution is -0.325. The summed E-state index contributed by atoms with van der Waals surface area (Å²) in [5, 5.41) is 3.15. The first kappa shape index (κ1) is 17.7. The number of halogens is 4. The van der Waals surface area contributed by atoms with Crippen LogP contribution in [0.25, 0.3) is 0 Å². The van der Waals surface area contributed by atoms with E-state index in [1.807, 2.05) is 13.8 Å². The molecule has 0 saturated carbocycles. The molecule has 0 aliphatic heterocycles. The molecule has 1 unspecified atom stereocenters. The highest BCUT2D eigenvalue weighted by Crippen LogP contribution is 2.22. The van der Waals surface area contributed by atoms with Gasteiger partial charge in [0.15, 0.2) is 0 Å². The zero-order valence-corrected chi connectivity index (χ0v) is 12.0. The normalized spacial score (nSPS) is 13.2. The molecule has 0 amide bonds. The van der Waals surface area contributed by atoms with Gasteiger partial charge in [-0.05, 0) is 26.0 Å². The number of rotatable bonds is 8. The average molecular weight is 309 g/mol. The summed E-state index contributed by atoms with van der Waals surface area (Å²) in [6.45, 7) is 3.68. The van der Waals surface area contributed by atoms with Crippen LogP contribution in [-0.2, 0) is 4.74 Å². The molecule has 0 aliphatic rings. The molecule has 21 heavy (non-hydrogen) atoms. The van der Waals surface area contributed by atoms with Crippen LogP contribution in [0.5, 0.6) is 5.75 Å². The fourth-order valence-corrected chi connectivity index (χ4v) is 1.74. The quantitative estimate of drug-likeness (QED) is 0.585. The van der Waals surface area contributed by atoms with Gasteiger partial charge in [0.25, 0.3) is 0 Å². The lowest BCUT2D eigenvalue weighted by atomic mass is 10.1. The third kappa shape index (κ3) is 6.77. The van der Waals surface area contributed by atoms with Crippen LogP contribution in [0.2, 0.25) is 0 Å². The highest BCUT2D eigenvalue weighted by atomic mass is 19.4. The van der Waals surface area contributed by atoms with Crippen molar-refractivity contribution >= 4 is 0 Å². The van der Waals surface area contributed by atoms with Gasteiger partial charge < -0.3 is 10.1 Å². The molecule has 0 heterocycles. The average Bonchev–Trinajstić information content (AvgIpc) is 2.40. The number of nitrogens with one attached hydrogen (secondary N) is 1. The topological polar surface area (TPSA) is 30.5 Å². The summed E-state index contributed by atoms with van der Waals surface area (Å²) >= 11 is 0. The minimum absolute atomic E-state index is 0.146. The molecular weight excluding hydrogens is 290 g/mol. The van der Waals surface area contributed by atoms with Crippen molar-refractivity contribution in [3.63, 3.8) is 0 Å². The van der Waals surface area contributed by atoms with Crippen molar-refractivity contribution in [1.29, 1.82) is 0 Å². The molecule has 0 spiro atoms. The molecule has 0 fully saturated rings. The lowest BCUT2D eigenvalue weighted by Crippen LogP contribution is -2.20. The SMILES string of the molecule is CCCNC(C)c1ccc(OCCOC(F)(F)F)cc1F. The number of hydrogen-bond donors (Lipinski definition) is 1. The Labute approximate surface area is 121 Å². The van der Waals surface area contributed by atoms with Crippen LogP contribution in [0, 0.1) is 5.82 Å². The molecule has 0 saturated heterocycles. The van der Waals surface area contributed by atoms with Gasteiger partial charge >= 0.3 is 6.36 Å². The van der Waals surface area contributed by atoms with Crippen LogP contribution in [-0.4, -0.2) is 26.1 Å². The number of alkyl halides is 3. The fourth-order valence-electron chi connectivity index (χ4n) is 1.74. The first-order valence-electron chi connectivity index (χ1n) is 6.69. The summed E-state index contributed by atoms with van der Waals surface area (Å²) in [6, 6.07) is 4.10. The van der Waals surface area contributed by atoms with Gasteiger partial charge in [0.1, 0.15) is 18.2 Å². The van der Waals surface area contributed by atoms with Gasteiger partial charge in [-0.15, -0.1) is 13.2 Å². The van der Waals surface area contributed by atoms with E-state index in [1.54, 1.807) is 6.07 Å². The number of ether oxygens (including phenoxy) is 2. The second-order valence-electron chi connectivity index (χ2n) is 4.50. The monoisotopic (exact) mass is 309 g/mol. The molecule has 120 valence electrons. The zero-order valence-electron chi connectivity index (χ0n) is 12.0. The van der Waals surface area contributed by atoms with E-state index in [1.165, 1.54) is 6.07 Å². The molecule has 1 atom stereocenters. The summed E-state index contributed by atoms with van der Waals surface area (Å²) in [4.78, 5) is 0. The van der Waals surface area contributed by atoms with Crippen molar-refractivity contribution in [2.24, 2.45) is 0 Å². The van der Waals surface area contributed by atoms with E-state index in [0.717, 1.165) is 19.0 Å². The predicted octanol–water partition coefficient (Wildman–Crippen LogP) is 3.80. The Balaban J connectivity index is 2.50. The van der Waals surface area contributed by atoms with Gasteiger partial charge in [0.2, 0.25) is 0 Å².